The smallest absolute Gasteiger partial charge is 0.416 e. The van der Waals surface area contributed by atoms with Crippen LogP contribution < -0.4 is 14.4 Å². The van der Waals surface area contributed by atoms with Gasteiger partial charge in [0.25, 0.3) is 0 Å². The number of anilines is 1. The fourth-order valence-corrected chi connectivity index (χ4v) is 4.89. The van der Waals surface area contributed by atoms with Crippen molar-refractivity contribution in [1.29, 1.82) is 0 Å². The first-order valence-corrected chi connectivity index (χ1v) is 12.4. The number of ether oxygens (including phenoxy) is 3. The number of hydrogen-bond donors (Lipinski definition) is 0. The molecule has 0 saturated heterocycles. The maximum Gasteiger partial charge on any atom is 0.416 e. The number of fused-ring (bicyclic) bond motifs is 1. The van der Waals surface area contributed by atoms with Crippen molar-refractivity contribution < 1.29 is 50.1 Å². The third-order valence-corrected chi connectivity index (χ3v) is 6.67. The molecule has 13 heteroatoms. The van der Waals surface area contributed by atoms with Crippen LogP contribution in [0.2, 0.25) is 0 Å². The molecule has 1 aliphatic heterocycles. The summed E-state index contributed by atoms with van der Waals surface area (Å²) in [5.41, 5.74) is -2.61. The maximum atomic E-state index is 13.5. The summed E-state index contributed by atoms with van der Waals surface area (Å²) < 4.78 is 96.7. The zero-order valence-electron chi connectivity index (χ0n) is 22.6. The number of methoxy groups -OCH3 is 3. The Hall–Kier alpha value is -3.64. The van der Waals surface area contributed by atoms with Crippen LogP contribution in [0.25, 0.3) is 0 Å². The van der Waals surface area contributed by atoms with E-state index in [9.17, 15) is 35.9 Å². The van der Waals surface area contributed by atoms with Crippen molar-refractivity contribution in [2.75, 3.05) is 26.2 Å². The standard InChI is InChI=1S/C27H30F6N2O5/c1-6-7-24(36)35-15(2)8-20(19-12-22(38-3)23(39-4)13-21(19)35)34(25(37)40-5)14-16-9-17(26(28,29)30)11-18(10-16)27(31,32)33/h9-13,15,20H,6-8,14H2,1-5H3. The number of hydrogen-bond acceptors (Lipinski definition) is 5. The van der Waals surface area contributed by atoms with E-state index in [4.69, 9.17) is 14.2 Å². The van der Waals surface area contributed by atoms with Gasteiger partial charge in [-0.25, -0.2) is 4.79 Å². The first kappa shape index (κ1) is 30.9. The molecule has 0 fully saturated rings. The molecular weight excluding hydrogens is 546 g/mol. The zero-order valence-corrected chi connectivity index (χ0v) is 22.6. The number of alkyl halides is 6. The minimum atomic E-state index is -5.05. The summed E-state index contributed by atoms with van der Waals surface area (Å²) >= 11 is 0. The van der Waals surface area contributed by atoms with Crippen LogP contribution in [0.5, 0.6) is 11.5 Å². The van der Waals surface area contributed by atoms with Crippen LogP contribution in [0.1, 0.15) is 61.4 Å². The molecule has 0 bridgehead atoms. The van der Waals surface area contributed by atoms with Crippen molar-refractivity contribution in [2.24, 2.45) is 0 Å². The van der Waals surface area contributed by atoms with Gasteiger partial charge in [0.2, 0.25) is 5.91 Å². The Labute approximate surface area is 227 Å². The molecule has 0 N–H and O–H groups in total. The monoisotopic (exact) mass is 576 g/mol. The highest BCUT2D eigenvalue weighted by molar-refractivity contribution is 5.96. The average molecular weight is 577 g/mol. The minimum Gasteiger partial charge on any atom is -0.493 e. The molecule has 2 atom stereocenters. The van der Waals surface area contributed by atoms with Crippen LogP contribution in [0.4, 0.5) is 36.8 Å². The topological polar surface area (TPSA) is 68.3 Å². The first-order chi connectivity index (χ1) is 18.7. The summed E-state index contributed by atoms with van der Waals surface area (Å²) in [6.07, 6.45) is -10.2. The van der Waals surface area contributed by atoms with Crippen molar-refractivity contribution in [2.45, 2.75) is 64.1 Å². The molecule has 0 radical (unpaired) electrons. The van der Waals surface area contributed by atoms with Crippen molar-refractivity contribution in [3.63, 3.8) is 0 Å². The van der Waals surface area contributed by atoms with E-state index in [0.717, 1.165) is 12.0 Å². The normalized spacial score (nSPS) is 17.2. The van der Waals surface area contributed by atoms with Crippen LogP contribution in [-0.2, 0) is 28.4 Å². The molecule has 7 nitrogen and oxygen atoms in total. The van der Waals surface area contributed by atoms with E-state index in [2.05, 4.69) is 0 Å². The summed E-state index contributed by atoms with van der Waals surface area (Å²) in [5.74, 6) is 0.354. The molecule has 2 aromatic rings. The quantitative estimate of drug-likeness (QED) is 0.333. The van der Waals surface area contributed by atoms with E-state index >= 15 is 0 Å². The van der Waals surface area contributed by atoms with Crippen LogP contribution in [0, 0.1) is 0 Å². The van der Waals surface area contributed by atoms with Gasteiger partial charge in [0.1, 0.15) is 0 Å². The Morgan fingerprint density at radius 3 is 1.95 bits per heavy atom. The van der Waals surface area contributed by atoms with E-state index in [1.54, 1.807) is 24.0 Å². The van der Waals surface area contributed by atoms with Crippen LogP contribution in [-0.4, -0.2) is 44.3 Å². The minimum absolute atomic E-state index is 0.0261. The molecule has 0 aromatic heterocycles. The fraction of sp³-hybridized carbons (Fsp3) is 0.481. The first-order valence-electron chi connectivity index (χ1n) is 12.4. The predicted molar refractivity (Wildman–Crippen MR) is 133 cm³/mol. The van der Waals surface area contributed by atoms with Crippen molar-refractivity contribution in [3.05, 3.63) is 52.6 Å². The molecule has 3 rings (SSSR count). The SMILES string of the molecule is CCCC(=O)N1c2cc(OC)c(OC)cc2C(N(Cc2cc(C(F)(F)F)cc(C(F)(F)F)c2)C(=O)OC)CC1C. The van der Waals surface area contributed by atoms with Gasteiger partial charge in [-0.05, 0) is 49.6 Å². The molecule has 1 aliphatic rings. The highest BCUT2D eigenvalue weighted by Crippen LogP contribution is 2.47. The fourth-order valence-electron chi connectivity index (χ4n) is 4.89. The van der Waals surface area contributed by atoms with Gasteiger partial charge in [0.15, 0.2) is 11.5 Å². The van der Waals surface area contributed by atoms with Crippen LogP contribution >= 0.6 is 0 Å². The number of carbonyl (C=O) groups is 2. The Kier molecular flexibility index (Phi) is 9.15. The molecule has 0 aliphatic carbocycles. The van der Waals surface area contributed by atoms with Crippen LogP contribution in [0.3, 0.4) is 0 Å². The van der Waals surface area contributed by atoms with E-state index < -0.39 is 53.8 Å². The third-order valence-electron chi connectivity index (χ3n) is 6.67. The lowest BCUT2D eigenvalue weighted by Gasteiger charge is -2.43. The summed E-state index contributed by atoms with van der Waals surface area (Å²) in [6.45, 7) is 2.95. The lowest BCUT2D eigenvalue weighted by atomic mass is 9.89. The maximum absolute atomic E-state index is 13.5. The van der Waals surface area contributed by atoms with Gasteiger partial charge in [-0.2, -0.15) is 26.3 Å². The summed E-state index contributed by atoms with van der Waals surface area (Å²) in [7, 11) is 3.84. The van der Waals surface area contributed by atoms with Gasteiger partial charge < -0.3 is 19.1 Å². The molecule has 0 saturated carbocycles. The number of nitrogens with zero attached hydrogens (tertiary/aromatic N) is 2. The lowest BCUT2D eigenvalue weighted by molar-refractivity contribution is -0.143. The van der Waals surface area contributed by atoms with Gasteiger partial charge in [0.05, 0.1) is 44.2 Å². The number of halogens is 6. The molecule has 0 spiro atoms. The van der Waals surface area contributed by atoms with Gasteiger partial charge >= 0.3 is 18.4 Å². The molecule has 2 amide bonds. The van der Waals surface area contributed by atoms with E-state index in [0.29, 0.717) is 35.6 Å². The molecule has 40 heavy (non-hydrogen) atoms. The van der Waals surface area contributed by atoms with Crippen molar-refractivity contribution >= 4 is 17.7 Å². The number of benzene rings is 2. The van der Waals surface area contributed by atoms with E-state index in [-0.39, 0.29) is 30.6 Å². The van der Waals surface area contributed by atoms with Crippen LogP contribution in [0.15, 0.2) is 30.3 Å². The highest BCUT2D eigenvalue weighted by Gasteiger charge is 2.41. The molecule has 220 valence electrons. The van der Waals surface area contributed by atoms with Gasteiger partial charge in [-0.15, -0.1) is 0 Å². The summed E-state index contributed by atoms with van der Waals surface area (Å²) in [4.78, 5) is 28.7. The zero-order chi connectivity index (χ0) is 30.0. The lowest BCUT2D eigenvalue weighted by Crippen LogP contribution is -2.47. The van der Waals surface area contributed by atoms with Gasteiger partial charge in [-0.3, -0.25) is 9.69 Å². The largest absolute Gasteiger partial charge is 0.493 e. The second-order valence-corrected chi connectivity index (χ2v) is 9.39. The second-order valence-electron chi connectivity index (χ2n) is 9.39. The number of carbonyl (C=O) groups excluding carboxylic acids is 2. The molecule has 1 heterocycles. The predicted octanol–water partition coefficient (Wildman–Crippen LogP) is 6.98. The Morgan fingerprint density at radius 2 is 1.48 bits per heavy atom. The van der Waals surface area contributed by atoms with Crippen molar-refractivity contribution in [3.8, 4) is 11.5 Å². The van der Waals surface area contributed by atoms with Gasteiger partial charge in [-0.1, -0.05) is 6.92 Å². The summed E-state index contributed by atoms with van der Waals surface area (Å²) in [5, 5.41) is 0. The third kappa shape index (κ3) is 6.39. The Balaban J connectivity index is 2.20. The number of rotatable bonds is 7. The highest BCUT2D eigenvalue weighted by atomic mass is 19.4. The van der Waals surface area contributed by atoms with E-state index in [1.165, 1.54) is 14.2 Å². The Morgan fingerprint density at radius 1 is 0.925 bits per heavy atom. The second kappa shape index (κ2) is 11.8. The molecule has 2 aromatic carbocycles. The molecule has 2 unspecified atom stereocenters. The number of amides is 2. The average Bonchev–Trinajstić information content (AvgIpc) is 2.89. The van der Waals surface area contributed by atoms with Crippen molar-refractivity contribution in [1.82, 2.24) is 4.90 Å². The molecular formula is C27H30F6N2O5. The van der Waals surface area contributed by atoms with E-state index in [1.807, 2.05) is 6.92 Å². The Bertz CT molecular complexity index is 1210. The summed E-state index contributed by atoms with van der Waals surface area (Å²) in [6, 6.07) is 2.89. The van der Waals surface area contributed by atoms with Gasteiger partial charge in [0, 0.05) is 30.6 Å².